The summed E-state index contributed by atoms with van der Waals surface area (Å²) in [4.78, 5) is 22.8. The molecule has 0 aliphatic heterocycles. The summed E-state index contributed by atoms with van der Waals surface area (Å²) in [5.74, 6) is -0.0417. The zero-order valence-corrected chi connectivity index (χ0v) is 18.1. The molecule has 2 N–H and O–H groups in total. The van der Waals surface area contributed by atoms with Crippen LogP contribution in [0.5, 0.6) is 5.75 Å². The Morgan fingerprint density at radius 3 is 1.87 bits per heavy atom. The molecule has 0 aliphatic rings. The van der Waals surface area contributed by atoms with Crippen LogP contribution in [0.3, 0.4) is 0 Å². The molecule has 0 spiro atoms. The number of aliphatic carboxylic acids is 1. The SMILES string of the molecule is COc1ccc(C(SCCC(=O)NCC(=O)O)(c2ccccc2)c2ccccc2)cc1. The van der Waals surface area contributed by atoms with Gasteiger partial charge in [0.25, 0.3) is 0 Å². The van der Waals surface area contributed by atoms with Gasteiger partial charge >= 0.3 is 5.97 Å². The van der Waals surface area contributed by atoms with Crippen molar-refractivity contribution in [2.24, 2.45) is 0 Å². The van der Waals surface area contributed by atoms with Crippen molar-refractivity contribution in [2.45, 2.75) is 11.2 Å². The van der Waals surface area contributed by atoms with Crippen molar-refractivity contribution >= 4 is 23.6 Å². The van der Waals surface area contributed by atoms with E-state index in [1.807, 2.05) is 48.5 Å². The van der Waals surface area contributed by atoms with Crippen LogP contribution in [0, 0.1) is 0 Å². The van der Waals surface area contributed by atoms with Crippen LogP contribution < -0.4 is 10.1 Å². The zero-order valence-electron chi connectivity index (χ0n) is 17.3. The molecule has 3 aromatic rings. The summed E-state index contributed by atoms with van der Waals surface area (Å²) in [6.45, 7) is -0.371. The van der Waals surface area contributed by atoms with Gasteiger partial charge < -0.3 is 15.2 Å². The summed E-state index contributed by atoms with van der Waals surface area (Å²) in [5, 5.41) is 11.2. The van der Waals surface area contributed by atoms with Gasteiger partial charge in [0.15, 0.2) is 0 Å². The van der Waals surface area contributed by atoms with Gasteiger partial charge in [0.1, 0.15) is 12.3 Å². The molecule has 0 atom stereocenters. The Labute approximate surface area is 186 Å². The molecular formula is C25H25NO4S. The Balaban J connectivity index is 2.00. The fourth-order valence-corrected chi connectivity index (χ4v) is 4.98. The number of carbonyl (C=O) groups excluding carboxylic acids is 1. The summed E-state index contributed by atoms with van der Waals surface area (Å²) < 4.78 is 4.80. The lowest BCUT2D eigenvalue weighted by Crippen LogP contribution is -2.30. The minimum atomic E-state index is -1.05. The summed E-state index contributed by atoms with van der Waals surface area (Å²) >= 11 is 1.66. The Morgan fingerprint density at radius 2 is 1.39 bits per heavy atom. The number of hydrogen-bond donors (Lipinski definition) is 2. The van der Waals surface area contributed by atoms with E-state index in [0.717, 1.165) is 22.4 Å². The van der Waals surface area contributed by atoms with Crippen LogP contribution in [0.25, 0.3) is 0 Å². The molecule has 3 rings (SSSR count). The molecule has 5 nitrogen and oxygen atoms in total. The first-order valence-corrected chi connectivity index (χ1v) is 10.9. The zero-order chi connectivity index (χ0) is 22.1. The molecule has 0 fully saturated rings. The molecule has 0 aromatic heterocycles. The normalized spacial score (nSPS) is 11.0. The van der Waals surface area contributed by atoms with Crippen LogP contribution in [0.2, 0.25) is 0 Å². The minimum absolute atomic E-state index is 0.218. The quantitative estimate of drug-likeness (QED) is 0.464. The number of thioether (sulfide) groups is 1. The molecule has 6 heteroatoms. The van der Waals surface area contributed by atoms with Gasteiger partial charge in [-0.3, -0.25) is 9.59 Å². The first kappa shape index (κ1) is 22.4. The van der Waals surface area contributed by atoms with E-state index in [-0.39, 0.29) is 18.9 Å². The maximum atomic E-state index is 12.1. The number of hydrogen-bond acceptors (Lipinski definition) is 4. The highest BCUT2D eigenvalue weighted by Crippen LogP contribution is 2.48. The van der Waals surface area contributed by atoms with Gasteiger partial charge in [-0.15, -0.1) is 11.8 Å². The third-order valence-corrected chi connectivity index (χ3v) is 6.49. The van der Waals surface area contributed by atoms with Gasteiger partial charge in [-0.25, -0.2) is 0 Å². The highest BCUT2D eigenvalue weighted by Gasteiger charge is 2.37. The van der Waals surface area contributed by atoms with E-state index in [4.69, 9.17) is 9.84 Å². The lowest BCUT2D eigenvalue weighted by atomic mass is 9.84. The predicted octanol–water partition coefficient (Wildman–Crippen LogP) is 4.31. The highest BCUT2D eigenvalue weighted by molar-refractivity contribution is 8.00. The molecule has 0 saturated carbocycles. The van der Waals surface area contributed by atoms with Crippen LogP contribution in [0.4, 0.5) is 0 Å². The molecule has 31 heavy (non-hydrogen) atoms. The van der Waals surface area contributed by atoms with Crippen molar-refractivity contribution in [1.29, 1.82) is 0 Å². The Hall–Kier alpha value is -3.25. The van der Waals surface area contributed by atoms with Crippen LogP contribution in [-0.2, 0) is 14.3 Å². The predicted molar refractivity (Wildman–Crippen MR) is 123 cm³/mol. The van der Waals surface area contributed by atoms with E-state index >= 15 is 0 Å². The number of carboxylic acid groups (broad SMARTS) is 1. The number of rotatable bonds is 10. The molecule has 3 aromatic carbocycles. The van der Waals surface area contributed by atoms with Crippen molar-refractivity contribution < 1.29 is 19.4 Å². The first-order valence-electron chi connectivity index (χ1n) is 9.94. The van der Waals surface area contributed by atoms with Crippen LogP contribution in [0.1, 0.15) is 23.1 Å². The van der Waals surface area contributed by atoms with E-state index in [2.05, 4.69) is 41.7 Å². The standard InChI is InChI=1S/C25H25NO4S/c1-30-22-14-12-21(13-15-22)25(19-8-4-2-5-9-19,20-10-6-3-7-11-20)31-17-16-23(27)26-18-24(28)29/h2-15H,16-18H2,1H3,(H,26,27)(H,28,29). The fourth-order valence-electron chi connectivity index (χ4n) is 3.48. The highest BCUT2D eigenvalue weighted by atomic mass is 32.2. The van der Waals surface area contributed by atoms with E-state index in [1.54, 1.807) is 18.9 Å². The topological polar surface area (TPSA) is 75.6 Å². The third-order valence-electron chi connectivity index (χ3n) is 4.94. The second-order valence-electron chi connectivity index (χ2n) is 6.91. The summed E-state index contributed by atoms with van der Waals surface area (Å²) in [6.07, 6.45) is 0.218. The molecular weight excluding hydrogens is 410 g/mol. The van der Waals surface area contributed by atoms with Gasteiger partial charge in [-0.05, 0) is 28.8 Å². The van der Waals surface area contributed by atoms with Crippen LogP contribution in [-0.4, -0.2) is 36.4 Å². The molecule has 0 bridgehead atoms. The van der Waals surface area contributed by atoms with E-state index in [9.17, 15) is 9.59 Å². The minimum Gasteiger partial charge on any atom is -0.497 e. The van der Waals surface area contributed by atoms with Crippen molar-refractivity contribution in [3.05, 3.63) is 102 Å². The Bertz CT molecular complexity index is 952. The van der Waals surface area contributed by atoms with Crippen molar-refractivity contribution in [3.8, 4) is 5.75 Å². The van der Waals surface area contributed by atoms with Gasteiger partial charge in [0, 0.05) is 12.2 Å². The molecule has 0 unspecified atom stereocenters. The maximum Gasteiger partial charge on any atom is 0.322 e. The molecule has 0 aliphatic carbocycles. The van der Waals surface area contributed by atoms with Crippen molar-refractivity contribution in [3.63, 3.8) is 0 Å². The van der Waals surface area contributed by atoms with Crippen molar-refractivity contribution in [1.82, 2.24) is 5.32 Å². The Kier molecular flexibility index (Phi) is 7.73. The van der Waals surface area contributed by atoms with E-state index in [0.29, 0.717) is 5.75 Å². The van der Waals surface area contributed by atoms with Crippen LogP contribution in [0.15, 0.2) is 84.9 Å². The number of ether oxygens (including phenoxy) is 1. The van der Waals surface area contributed by atoms with E-state index < -0.39 is 10.7 Å². The van der Waals surface area contributed by atoms with E-state index in [1.165, 1.54) is 0 Å². The molecule has 0 saturated heterocycles. The Morgan fingerprint density at radius 1 is 0.871 bits per heavy atom. The lowest BCUT2D eigenvalue weighted by molar-refractivity contribution is -0.137. The number of carboxylic acids is 1. The smallest absolute Gasteiger partial charge is 0.322 e. The molecule has 0 heterocycles. The lowest BCUT2D eigenvalue weighted by Gasteiger charge is -2.35. The monoisotopic (exact) mass is 435 g/mol. The van der Waals surface area contributed by atoms with Gasteiger partial charge in [-0.1, -0.05) is 72.8 Å². The summed E-state index contributed by atoms with van der Waals surface area (Å²) in [7, 11) is 1.64. The van der Waals surface area contributed by atoms with Gasteiger partial charge in [-0.2, -0.15) is 0 Å². The summed E-state index contributed by atoms with van der Waals surface area (Å²) in [6, 6.07) is 28.4. The molecule has 0 radical (unpaired) electrons. The maximum absolute atomic E-state index is 12.1. The largest absolute Gasteiger partial charge is 0.497 e. The van der Waals surface area contributed by atoms with Crippen LogP contribution >= 0.6 is 11.8 Å². The fraction of sp³-hybridized carbons (Fsp3) is 0.200. The average Bonchev–Trinajstić information content (AvgIpc) is 2.82. The summed E-state index contributed by atoms with van der Waals surface area (Å²) in [5.41, 5.74) is 3.27. The average molecular weight is 436 g/mol. The van der Waals surface area contributed by atoms with Gasteiger partial charge in [0.2, 0.25) is 5.91 Å². The van der Waals surface area contributed by atoms with Crippen molar-refractivity contribution in [2.75, 3.05) is 19.4 Å². The number of methoxy groups -OCH3 is 1. The number of amides is 1. The number of carbonyl (C=O) groups is 2. The number of nitrogens with one attached hydrogen (secondary N) is 1. The second-order valence-corrected chi connectivity index (χ2v) is 8.22. The first-order chi connectivity index (χ1) is 15.1. The second kappa shape index (κ2) is 10.7. The molecule has 1 amide bonds. The molecule has 160 valence electrons. The van der Waals surface area contributed by atoms with Gasteiger partial charge in [0.05, 0.1) is 11.9 Å². The number of benzene rings is 3. The third kappa shape index (κ3) is 5.47.